The van der Waals surface area contributed by atoms with E-state index in [4.69, 9.17) is 5.73 Å². The van der Waals surface area contributed by atoms with Gasteiger partial charge in [0.1, 0.15) is 0 Å². The highest BCUT2D eigenvalue weighted by Crippen LogP contribution is 2.20. The fourth-order valence-electron chi connectivity index (χ4n) is 1.59. The van der Waals surface area contributed by atoms with Gasteiger partial charge in [0.25, 0.3) is 0 Å². The summed E-state index contributed by atoms with van der Waals surface area (Å²) in [6.45, 7) is 0. The monoisotopic (exact) mass is 221 g/mol. The number of sulfone groups is 1. The van der Waals surface area contributed by atoms with Crippen LogP contribution in [-0.4, -0.2) is 39.0 Å². The number of ether oxygens (including phenoxy) is 1. The second kappa shape index (κ2) is 4.27. The summed E-state index contributed by atoms with van der Waals surface area (Å²) in [5.41, 5.74) is 5.73. The molecule has 0 radical (unpaired) electrons. The number of esters is 1. The van der Waals surface area contributed by atoms with Crippen LogP contribution < -0.4 is 5.73 Å². The molecule has 2 N–H and O–H groups in total. The number of carbonyl (C=O) groups is 1. The predicted molar refractivity (Wildman–Crippen MR) is 51.4 cm³/mol. The number of methoxy groups -OCH3 is 1. The molecule has 5 nitrogen and oxygen atoms in total. The lowest BCUT2D eigenvalue weighted by Crippen LogP contribution is -2.42. The van der Waals surface area contributed by atoms with E-state index >= 15 is 0 Å². The smallest absolute Gasteiger partial charge is 0.305 e. The van der Waals surface area contributed by atoms with Crippen LogP contribution in [0.2, 0.25) is 0 Å². The van der Waals surface area contributed by atoms with Crippen molar-refractivity contribution in [2.45, 2.75) is 18.9 Å². The van der Waals surface area contributed by atoms with Gasteiger partial charge < -0.3 is 10.5 Å². The molecule has 0 aromatic rings. The first-order valence-electron chi connectivity index (χ1n) is 4.47. The van der Waals surface area contributed by atoms with Gasteiger partial charge in [0, 0.05) is 6.04 Å². The largest absolute Gasteiger partial charge is 0.469 e. The molecule has 1 aliphatic rings. The molecule has 14 heavy (non-hydrogen) atoms. The minimum Gasteiger partial charge on any atom is -0.469 e. The van der Waals surface area contributed by atoms with E-state index in [1.54, 1.807) is 0 Å². The third kappa shape index (κ3) is 2.95. The molecule has 1 saturated heterocycles. The molecule has 0 spiro atoms. The van der Waals surface area contributed by atoms with Crippen LogP contribution in [0.5, 0.6) is 0 Å². The fourth-order valence-corrected chi connectivity index (χ4v) is 3.41. The Balaban J connectivity index is 2.62. The molecule has 0 saturated carbocycles. The standard InChI is InChI=1S/C8H15NO4S/c1-13-8(10)4-6-5-14(11,12)3-2-7(6)9/h6-7H,2-5,9H2,1H3/t6-,7+/m1/s1. The Morgan fingerprint density at radius 2 is 2.21 bits per heavy atom. The first-order valence-corrected chi connectivity index (χ1v) is 6.29. The number of hydrogen-bond donors (Lipinski definition) is 1. The quantitative estimate of drug-likeness (QED) is 0.624. The summed E-state index contributed by atoms with van der Waals surface area (Å²) in [5, 5.41) is 0. The predicted octanol–water partition coefficient (Wildman–Crippen LogP) is -0.688. The van der Waals surface area contributed by atoms with Crippen LogP contribution >= 0.6 is 0 Å². The van der Waals surface area contributed by atoms with Crippen molar-refractivity contribution >= 4 is 15.8 Å². The van der Waals surface area contributed by atoms with E-state index in [-0.39, 0.29) is 29.9 Å². The van der Waals surface area contributed by atoms with Crippen molar-refractivity contribution in [3.63, 3.8) is 0 Å². The van der Waals surface area contributed by atoms with Crippen LogP contribution in [0.15, 0.2) is 0 Å². The SMILES string of the molecule is COC(=O)C[C@@H]1CS(=O)(=O)CC[C@@H]1N. The van der Waals surface area contributed by atoms with Gasteiger partial charge in [0.2, 0.25) is 0 Å². The number of carbonyl (C=O) groups excluding carboxylic acids is 1. The highest BCUT2D eigenvalue weighted by atomic mass is 32.2. The van der Waals surface area contributed by atoms with Gasteiger partial charge in [-0.15, -0.1) is 0 Å². The zero-order chi connectivity index (χ0) is 10.8. The van der Waals surface area contributed by atoms with Gasteiger partial charge in [-0.05, 0) is 12.3 Å². The third-order valence-electron chi connectivity index (χ3n) is 2.49. The summed E-state index contributed by atoms with van der Waals surface area (Å²) in [6.07, 6.45) is 0.529. The Bertz CT molecular complexity index is 311. The normalized spacial score (nSPS) is 31.0. The fraction of sp³-hybridized carbons (Fsp3) is 0.875. The number of hydrogen-bond acceptors (Lipinski definition) is 5. The molecule has 1 rings (SSSR count). The Hall–Kier alpha value is -0.620. The van der Waals surface area contributed by atoms with Gasteiger partial charge in [0.05, 0.1) is 25.0 Å². The van der Waals surface area contributed by atoms with E-state index in [0.29, 0.717) is 6.42 Å². The molecular formula is C8H15NO4S. The highest BCUT2D eigenvalue weighted by Gasteiger charge is 2.32. The van der Waals surface area contributed by atoms with Crippen LogP contribution in [0, 0.1) is 5.92 Å². The van der Waals surface area contributed by atoms with Crippen LogP contribution in [0.3, 0.4) is 0 Å². The van der Waals surface area contributed by atoms with Crippen molar-refractivity contribution in [1.29, 1.82) is 0 Å². The summed E-state index contributed by atoms with van der Waals surface area (Å²) in [4.78, 5) is 11.0. The molecule has 1 aliphatic heterocycles. The third-order valence-corrected chi connectivity index (χ3v) is 4.29. The minimum atomic E-state index is -3.01. The molecule has 0 unspecified atom stereocenters. The Labute approximate surface area is 83.5 Å². The second-order valence-corrected chi connectivity index (χ2v) is 5.84. The van der Waals surface area contributed by atoms with Crippen LogP contribution in [0.1, 0.15) is 12.8 Å². The van der Waals surface area contributed by atoms with Crippen molar-refractivity contribution in [2.75, 3.05) is 18.6 Å². The molecular weight excluding hydrogens is 206 g/mol. The van der Waals surface area contributed by atoms with Gasteiger partial charge >= 0.3 is 5.97 Å². The maximum absolute atomic E-state index is 11.3. The van der Waals surface area contributed by atoms with Crippen molar-refractivity contribution in [3.05, 3.63) is 0 Å². The van der Waals surface area contributed by atoms with Crippen molar-refractivity contribution in [3.8, 4) is 0 Å². The van der Waals surface area contributed by atoms with Crippen molar-refractivity contribution in [1.82, 2.24) is 0 Å². The van der Waals surface area contributed by atoms with Crippen LogP contribution in [0.25, 0.3) is 0 Å². The summed E-state index contributed by atoms with van der Waals surface area (Å²) in [5.74, 6) is -0.557. The Morgan fingerprint density at radius 1 is 1.57 bits per heavy atom. The highest BCUT2D eigenvalue weighted by molar-refractivity contribution is 7.91. The van der Waals surface area contributed by atoms with E-state index in [0.717, 1.165) is 0 Å². The van der Waals surface area contributed by atoms with Crippen molar-refractivity contribution in [2.24, 2.45) is 11.7 Å². The summed E-state index contributed by atoms with van der Waals surface area (Å²) < 4.78 is 27.0. The molecule has 0 amide bonds. The zero-order valence-electron chi connectivity index (χ0n) is 8.10. The van der Waals surface area contributed by atoms with E-state index in [1.165, 1.54) is 7.11 Å². The van der Waals surface area contributed by atoms with E-state index < -0.39 is 15.8 Å². The Kier molecular flexibility index (Phi) is 3.49. The van der Waals surface area contributed by atoms with E-state index in [2.05, 4.69) is 4.74 Å². The number of rotatable bonds is 2. The summed E-state index contributed by atoms with van der Waals surface area (Å²) >= 11 is 0. The van der Waals surface area contributed by atoms with Crippen molar-refractivity contribution < 1.29 is 17.9 Å². The van der Waals surface area contributed by atoms with Gasteiger partial charge in [-0.2, -0.15) is 0 Å². The summed E-state index contributed by atoms with van der Waals surface area (Å²) in [6, 6.07) is -0.211. The lowest BCUT2D eigenvalue weighted by atomic mass is 9.96. The average Bonchev–Trinajstić information content (AvgIpc) is 2.11. The molecule has 1 fully saturated rings. The first kappa shape index (κ1) is 11.5. The van der Waals surface area contributed by atoms with Gasteiger partial charge in [0.15, 0.2) is 9.84 Å². The lowest BCUT2D eigenvalue weighted by molar-refractivity contribution is -0.141. The maximum Gasteiger partial charge on any atom is 0.305 e. The molecule has 0 bridgehead atoms. The van der Waals surface area contributed by atoms with Gasteiger partial charge in [-0.1, -0.05) is 0 Å². The second-order valence-electron chi connectivity index (χ2n) is 3.61. The molecule has 0 aliphatic carbocycles. The Morgan fingerprint density at radius 3 is 2.79 bits per heavy atom. The van der Waals surface area contributed by atoms with Gasteiger partial charge in [-0.25, -0.2) is 8.42 Å². The topological polar surface area (TPSA) is 86.5 Å². The molecule has 2 atom stereocenters. The zero-order valence-corrected chi connectivity index (χ0v) is 8.92. The maximum atomic E-state index is 11.3. The van der Waals surface area contributed by atoms with Crippen LogP contribution in [0.4, 0.5) is 0 Å². The van der Waals surface area contributed by atoms with Gasteiger partial charge in [-0.3, -0.25) is 4.79 Å². The average molecular weight is 221 g/mol. The molecule has 6 heteroatoms. The number of nitrogens with two attached hydrogens (primary N) is 1. The lowest BCUT2D eigenvalue weighted by Gasteiger charge is -2.27. The van der Waals surface area contributed by atoms with E-state index in [1.807, 2.05) is 0 Å². The minimum absolute atomic E-state index is 0.00324. The summed E-state index contributed by atoms with van der Waals surface area (Å²) in [7, 11) is -1.72. The molecule has 0 aromatic heterocycles. The van der Waals surface area contributed by atoms with E-state index in [9.17, 15) is 13.2 Å². The van der Waals surface area contributed by atoms with Crippen LogP contribution in [-0.2, 0) is 19.4 Å². The molecule has 1 heterocycles. The first-order chi connectivity index (χ1) is 6.44. The molecule has 0 aromatic carbocycles. The molecule has 82 valence electrons.